The Hall–Kier alpha value is -3.10. The van der Waals surface area contributed by atoms with Crippen LogP contribution in [-0.4, -0.2) is 46.2 Å². The summed E-state index contributed by atoms with van der Waals surface area (Å²) < 4.78 is -0.524. The first kappa shape index (κ1) is 37.9. The number of carbonyl (C=O) groups excluding carboxylic acids is 3. The molecule has 1 atom stereocenters. The number of hydrogen-bond acceptors (Lipinski definition) is 6. The molecule has 234 valence electrons. The molecule has 2 amide bonds. The van der Waals surface area contributed by atoms with Crippen LogP contribution in [0.2, 0.25) is 0 Å². The SMILES string of the molecule is CC/C=C\C/C=C\C/C=C\C/C=C\C/C=C\C/C=C\CCC(=O)NCCSSC(C)(C)[C@@H](C=O)NC(=O)c1cccnc1. The van der Waals surface area contributed by atoms with E-state index in [0.29, 0.717) is 30.7 Å². The van der Waals surface area contributed by atoms with Crippen LogP contribution in [0.1, 0.15) is 82.5 Å². The summed E-state index contributed by atoms with van der Waals surface area (Å²) in [6.07, 6.45) is 36.8. The van der Waals surface area contributed by atoms with Crippen LogP contribution in [0.4, 0.5) is 0 Å². The number of rotatable bonds is 23. The number of aldehydes is 1. The maximum absolute atomic E-state index is 12.4. The molecule has 0 spiro atoms. The summed E-state index contributed by atoms with van der Waals surface area (Å²) in [6, 6.07) is 2.68. The molecule has 6 nitrogen and oxygen atoms in total. The zero-order valence-corrected chi connectivity index (χ0v) is 27.6. The van der Waals surface area contributed by atoms with E-state index in [-0.39, 0.29) is 11.8 Å². The van der Waals surface area contributed by atoms with Crippen LogP contribution >= 0.6 is 21.6 Å². The van der Waals surface area contributed by atoms with Crippen molar-refractivity contribution in [3.8, 4) is 0 Å². The second-order valence-electron chi connectivity index (χ2n) is 10.1. The maximum Gasteiger partial charge on any atom is 0.253 e. The largest absolute Gasteiger partial charge is 0.355 e. The van der Waals surface area contributed by atoms with Gasteiger partial charge in [0.05, 0.1) is 11.6 Å². The van der Waals surface area contributed by atoms with Crippen molar-refractivity contribution in [2.45, 2.75) is 82.9 Å². The quantitative estimate of drug-likeness (QED) is 0.0554. The number of nitrogens with one attached hydrogen (secondary N) is 2. The van der Waals surface area contributed by atoms with Gasteiger partial charge in [-0.2, -0.15) is 0 Å². The predicted octanol–water partition coefficient (Wildman–Crippen LogP) is 8.13. The van der Waals surface area contributed by atoms with Crippen LogP contribution in [0.15, 0.2) is 97.4 Å². The molecule has 0 fully saturated rings. The first-order chi connectivity index (χ1) is 20.9. The molecule has 1 aromatic heterocycles. The lowest BCUT2D eigenvalue weighted by atomic mass is 10.0. The van der Waals surface area contributed by atoms with Crippen LogP contribution < -0.4 is 10.6 Å². The van der Waals surface area contributed by atoms with Gasteiger partial charge in [-0.15, -0.1) is 0 Å². The van der Waals surface area contributed by atoms with E-state index in [0.717, 1.165) is 44.8 Å². The molecule has 1 rings (SSSR count). The molecule has 0 saturated carbocycles. The van der Waals surface area contributed by atoms with Crippen LogP contribution in [-0.2, 0) is 9.59 Å². The van der Waals surface area contributed by atoms with Gasteiger partial charge in [-0.05, 0) is 70.9 Å². The first-order valence-electron chi connectivity index (χ1n) is 15.0. The molecule has 0 aliphatic heterocycles. The molecule has 1 aromatic rings. The highest BCUT2D eigenvalue weighted by molar-refractivity contribution is 8.77. The van der Waals surface area contributed by atoms with E-state index in [1.807, 2.05) is 19.9 Å². The third-order valence-corrected chi connectivity index (χ3v) is 9.33. The average Bonchev–Trinajstić information content (AvgIpc) is 3.01. The molecule has 2 N–H and O–H groups in total. The molecule has 0 unspecified atom stereocenters. The topological polar surface area (TPSA) is 88.2 Å². The first-order valence-corrected chi connectivity index (χ1v) is 17.4. The minimum atomic E-state index is -0.659. The molecule has 0 radical (unpaired) electrons. The number of allylic oxidation sites excluding steroid dienone is 12. The standard InChI is InChI=1S/C35H49N3O3S2/c1-4-5-6-7-8-9-10-11-12-13-14-15-16-17-18-19-20-21-22-25-33(40)37-27-28-42-43-35(2,3)32(30-39)38-34(41)31-24-23-26-36-29-31/h5-6,8-9,11-12,14-15,17-18,20-21,23-24,26,29-30,32H,4,7,10,13,16,19,22,25,27-28H2,1-3H3,(H,37,40)(H,38,41)/b6-5-,9-8-,12-11-,15-14-,18-17-,21-20-/t32-/m1/s1. The van der Waals surface area contributed by atoms with Gasteiger partial charge in [0.1, 0.15) is 6.29 Å². The van der Waals surface area contributed by atoms with Gasteiger partial charge in [-0.25, -0.2) is 0 Å². The Bertz CT molecular complexity index is 1090. The minimum absolute atomic E-state index is 0.0268. The summed E-state index contributed by atoms with van der Waals surface area (Å²) in [4.78, 5) is 40.1. The van der Waals surface area contributed by atoms with Crippen molar-refractivity contribution in [3.05, 3.63) is 103 Å². The van der Waals surface area contributed by atoms with Gasteiger partial charge in [-0.1, -0.05) is 101 Å². The predicted molar refractivity (Wildman–Crippen MR) is 186 cm³/mol. The summed E-state index contributed by atoms with van der Waals surface area (Å²) in [7, 11) is 3.08. The summed E-state index contributed by atoms with van der Waals surface area (Å²) in [6.45, 7) is 6.52. The van der Waals surface area contributed by atoms with Crippen molar-refractivity contribution in [1.82, 2.24) is 15.6 Å². The van der Waals surface area contributed by atoms with Crippen molar-refractivity contribution < 1.29 is 14.4 Å². The third kappa shape index (κ3) is 20.4. The summed E-state index contributed by atoms with van der Waals surface area (Å²) in [5.74, 6) is 0.393. The van der Waals surface area contributed by atoms with E-state index >= 15 is 0 Å². The lowest BCUT2D eigenvalue weighted by molar-refractivity contribution is -0.120. The van der Waals surface area contributed by atoms with Crippen molar-refractivity contribution in [1.29, 1.82) is 0 Å². The number of hydrogen-bond donors (Lipinski definition) is 2. The molecule has 0 aromatic carbocycles. The summed E-state index contributed by atoms with van der Waals surface area (Å²) >= 11 is 0. The van der Waals surface area contributed by atoms with Gasteiger partial charge >= 0.3 is 0 Å². The number of amides is 2. The molecular weight excluding hydrogens is 575 g/mol. The van der Waals surface area contributed by atoms with Gasteiger partial charge in [0.15, 0.2) is 0 Å². The molecule has 43 heavy (non-hydrogen) atoms. The highest BCUT2D eigenvalue weighted by atomic mass is 33.1. The lowest BCUT2D eigenvalue weighted by Gasteiger charge is -2.30. The second kappa shape index (κ2) is 25.4. The van der Waals surface area contributed by atoms with E-state index in [1.165, 1.54) is 17.0 Å². The van der Waals surface area contributed by atoms with Crippen molar-refractivity contribution >= 4 is 39.7 Å². The van der Waals surface area contributed by atoms with Crippen LogP contribution in [0.3, 0.4) is 0 Å². The normalized spacial score (nSPS) is 13.3. The smallest absolute Gasteiger partial charge is 0.253 e. The Balaban J connectivity index is 2.09. The van der Waals surface area contributed by atoms with Crippen LogP contribution in [0.5, 0.6) is 0 Å². The Morgan fingerprint density at radius 2 is 1.44 bits per heavy atom. The number of carbonyl (C=O) groups is 3. The Labute approximate surface area is 267 Å². The molecule has 1 heterocycles. The Morgan fingerprint density at radius 1 is 0.884 bits per heavy atom. The van der Waals surface area contributed by atoms with E-state index in [9.17, 15) is 14.4 Å². The van der Waals surface area contributed by atoms with E-state index in [1.54, 1.807) is 29.1 Å². The van der Waals surface area contributed by atoms with Crippen LogP contribution in [0, 0.1) is 0 Å². The summed E-state index contributed by atoms with van der Waals surface area (Å²) in [5, 5.41) is 5.72. The Kier molecular flexibility index (Phi) is 22.4. The van der Waals surface area contributed by atoms with Crippen LogP contribution in [0.25, 0.3) is 0 Å². The van der Waals surface area contributed by atoms with E-state index < -0.39 is 10.8 Å². The summed E-state index contributed by atoms with van der Waals surface area (Å²) in [5.41, 5.74) is 0.412. The fourth-order valence-corrected chi connectivity index (χ4v) is 6.03. The second-order valence-corrected chi connectivity index (χ2v) is 13.2. The zero-order chi connectivity index (χ0) is 31.4. The fourth-order valence-electron chi connectivity index (χ4n) is 3.51. The molecule has 0 bridgehead atoms. The minimum Gasteiger partial charge on any atom is -0.355 e. The van der Waals surface area contributed by atoms with E-state index in [4.69, 9.17) is 0 Å². The van der Waals surface area contributed by atoms with Crippen molar-refractivity contribution in [2.75, 3.05) is 12.3 Å². The number of nitrogens with zero attached hydrogens (tertiary/aromatic N) is 1. The molecule has 0 aliphatic rings. The van der Waals surface area contributed by atoms with Gasteiger partial charge in [-0.3, -0.25) is 14.6 Å². The zero-order valence-electron chi connectivity index (χ0n) is 26.0. The van der Waals surface area contributed by atoms with Crippen molar-refractivity contribution in [2.24, 2.45) is 0 Å². The molecule has 8 heteroatoms. The molecular formula is C35H49N3O3S2. The highest BCUT2D eigenvalue weighted by Crippen LogP contribution is 2.37. The van der Waals surface area contributed by atoms with E-state index in [2.05, 4.69) is 89.4 Å². The third-order valence-electron chi connectivity index (χ3n) is 6.01. The fraction of sp³-hybridized carbons (Fsp3) is 0.429. The Morgan fingerprint density at radius 3 is 1.95 bits per heavy atom. The highest BCUT2D eigenvalue weighted by Gasteiger charge is 2.32. The monoisotopic (exact) mass is 623 g/mol. The van der Waals surface area contributed by atoms with Gasteiger partial charge in [0, 0.05) is 35.9 Å². The lowest BCUT2D eigenvalue weighted by Crippen LogP contribution is -2.48. The number of pyridine rings is 1. The molecule has 0 aliphatic carbocycles. The van der Waals surface area contributed by atoms with Gasteiger partial charge in [0.2, 0.25) is 5.91 Å². The van der Waals surface area contributed by atoms with Gasteiger partial charge < -0.3 is 15.4 Å². The van der Waals surface area contributed by atoms with Crippen molar-refractivity contribution in [3.63, 3.8) is 0 Å². The molecule has 0 saturated heterocycles. The van der Waals surface area contributed by atoms with Gasteiger partial charge in [0.25, 0.3) is 5.91 Å². The number of aromatic nitrogens is 1. The maximum atomic E-state index is 12.4. The average molecular weight is 624 g/mol.